The first-order valence-electron chi connectivity index (χ1n) is 9.39. The highest BCUT2D eigenvalue weighted by atomic mass is 19.4. The van der Waals surface area contributed by atoms with Crippen molar-refractivity contribution in [2.24, 2.45) is 0 Å². The molecule has 0 spiro atoms. The normalized spacial score (nSPS) is 12.5. The number of fused-ring (bicyclic) bond motifs is 1. The van der Waals surface area contributed by atoms with E-state index in [4.69, 9.17) is 4.74 Å². The number of amides is 2. The van der Waals surface area contributed by atoms with Gasteiger partial charge in [0.2, 0.25) is 11.8 Å². The number of aromatic nitrogens is 2. The number of benzene rings is 2. The van der Waals surface area contributed by atoms with E-state index in [1.807, 2.05) is 0 Å². The van der Waals surface area contributed by atoms with Crippen LogP contribution in [0, 0.1) is 0 Å². The molecule has 0 aliphatic rings. The second kappa shape index (κ2) is 9.17. The first kappa shape index (κ1) is 22.3. The van der Waals surface area contributed by atoms with E-state index in [0.717, 1.165) is 12.1 Å². The van der Waals surface area contributed by atoms with E-state index in [1.165, 1.54) is 19.2 Å². The Bertz CT molecular complexity index is 1090. The highest BCUT2D eigenvalue weighted by molar-refractivity contribution is 5.92. The van der Waals surface area contributed by atoms with Crippen molar-refractivity contribution in [2.75, 3.05) is 19.0 Å². The Morgan fingerprint density at radius 2 is 1.87 bits per heavy atom. The van der Waals surface area contributed by atoms with Gasteiger partial charge in [-0.05, 0) is 37.3 Å². The number of para-hydroxylation sites is 2. The number of rotatable bonds is 7. The number of hydrogen-bond donors (Lipinski definition) is 2. The minimum atomic E-state index is -4.51. The molecule has 0 radical (unpaired) electrons. The Morgan fingerprint density at radius 1 is 1.13 bits per heavy atom. The smallest absolute Gasteiger partial charge is 0.375 e. The fraction of sp³-hybridized carbons (Fsp3) is 0.286. The van der Waals surface area contributed by atoms with Gasteiger partial charge in [0, 0.05) is 12.8 Å². The van der Waals surface area contributed by atoms with Gasteiger partial charge in [0.05, 0.1) is 22.6 Å². The van der Waals surface area contributed by atoms with E-state index in [0.29, 0.717) is 16.9 Å². The number of nitrogens with zero attached hydrogens (tertiary/aromatic N) is 2. The summed E-state index contributed by atoms with van der Waals surface area (Å²) in [6, 6.07) is 11.0. The second-order valence-corrected chi connectivity index (χ2v) is 6.89. The molecule has 10 heteroatoms. The summed E-state index contributed by atoms with van der Waals surface area (Å²) in [4.78, 5) is 29.0. The molecule has 0 aliphatic carbocycles. The summed E-state index contributed by atoms with van der Waals surface area (Å²) in [6.07, 6.45) is -4.51. The van der Waals surface area contributed by atoms with Crippen LogP contribution in [-0.2, 0) is 27.0 Å². The number of methoxy groups -OCH3 is 1. The molecular formula is C21H21F3N4O3. The van der Waals surface area contributed by atoms with Crippen LogP contribution < -0.4 is 10.6 Å². The Labute approximate surface area is 176 Å². The summed E-state index contributed by atoms with van der Waals surface area (Å²) in [5.41, 5.74) is 0.461. The highest BCUT2D eigenvalue weighted by Gasteiger charge is 2.30. The molecule has 1 heterocycles. The van der Waals surface area contributed by atoms with Crippen molar-refractivity contribution >= 4 is 28.5 Å². The van der Waals surface area contributed by atoms with Crippen LogP contribution in [-0.4, -0.2) is 35.1 Å². The van der Waals surface area contributed by atoms with Gasteiger partial charge < -0.3 is 19.9 Å². The average molecular weight is 434 g/mol. The van der Waals surface area contributed by atoms with Crippen molar-refractivity contribution in [1.29, 1.82) is 0 Å². The second-order valence-electron chi connectivity index (χ2n) is 6.89. The summed E-state index contributed by atoms with van der Waals surface area (Å²) in [6.45, 7) is 1.40. The number of carbonyl (C=O) groups is 2. The van der Waals surface area contributed by atoms with Crippen LogP contribution in [0.1, 0.15) is 24.4 Å². The summed E-state index contributed by atoms with van der Waals surface area (Å²) >= 11 is 0. The van der Waals surface area contributed by atoms with Crippen LogP contribution >= 0.6 is 0 Å². The number of ether oxygens (including phenoxy) is 1. The maximum atomic E-state index is 12.9. The molecule has 0 saturated heterocycles. The summed E-state index contributed by atoms with van der Waals surface area (Å²) in [7, 11) is 1.40. The third-order valence-electron chi connectivity index (χ3n) is 4.50. The molecule has 0 aliphatic heterocycles. The fourth-order valence-corrected chi connectivity index (χ4v) is 3.19. The zero-order valence-electron chi connectivity index (χ0n) is 16.9. The molecule has 1 aromatic heterocycles. The van der Waals surface area contributed by atoms with Crippen molar-refractivity contribution in [1.82, 2.24) is 14.9 Å². The van der Waals surface area contributed by atoms with Crippen LogP contribution in [0.15, 0.2) is 48.5 Å². The van der Waals surface area contributed by atoms with Gasteiger partial charge in [-0.1, -0.05) is 18.2 Å². The number of nitrogens with one attached hydrogen (secondary N) is 2. The van der Waals surface area contributed by atoms with Crippen LogP contribution in [0.2, 0.25) is 0 Å². The van der Waals surface area contributed by atoms with E-state index >= 15 is 0 Å². The molecule has 1 atom stereocenters. The predicted molar refractivity (Wildman–Crippen MR) is 108 cm³/mol. The van der Waals surface area contributed by atoms with Crippen LogP contribution in [0.25, 0.3) is 11.0 Å². The molecule has 2 amide bonds. The van der Waals surface area contributed by atoms with Gasteiger partial charge in [-0.2, -0.15) is 13.2 Å². The predicted octanol–water partition coefficient (Wildman–Crippen LogP) is 3.52. The van der Waals surface area contributed by atoms with Gasteiger partial charge in [-0.15, -0.1) is 0 Å². The maximum Gasteiger partial charge on any atom is 0.416 e. The summed E-state index contributed by atoms with van der Waals surface area (Å²) in [5.74, 6) is -0.439. The Kier molecular flexibility index (Phi) is 6.59. The van der Waals surface area contributed by atoms with E-state index in [9.17, 15) is 22.8 Å². The van der Waals surface area contributed by atoms with E-state index < -0.39 is 23.7 Å². The molecule has 1 unspecified atom stereocenters. The number of hydrogen-bond acceptors (Lipinski definition) is 4. The lowest BCUT2D eigenvalue weighted by molar-refractivity contribution is -0.137. The molecule has 0 saturated carbocycles. The molecular weight excluding hydrogens is 413 g/mol. The number of alkyl halides is 3. The first-order valence-corrected chi connectivity index (χ1v) is 9.39. The molecule has 164 valence electrons. The maximum absolute atomic E-state index is 12.9. The van der Waals surface area contributed by atoms with Crippen LogP contribution in [0.4, 0.5) is 18.9 Å². The molecule has 3 rings (SSSR count). The first-order chi connectivity index (χ1) is 14.7. The largest absolute Gasteiger partial charge is 0.416 e. The summed E-state index contributed by atoms with van der Waals surface area (Å²) in [5, 5.41) is 5.23. The van der Waals surface area contributed by atoms with Gasteiger partial charge in [-0.25, -0.2) is 4.98 Å². The molecule has 7 nitrogen and oxygen atoms in total. The van der Waals surface area contributed by atoms with Gasteiger partial charge in [0.1, 0.15) is 19.0 Å². The van der Waals surface area contributed by atoms with Crippen molar-refractivity contribution in [3.63, 3.8) is 0 Å². The van der Waals surface area contributed by atoms with Gasteiger partial charge in [0.25, 0.3) is 0 Å². The van der Waals surface area contributed by atoms with Crippen molar-refractivity contribution < 1.29 is 27.5 Å². The minimum Gasteiger partial charge on any atom is -0.375 e. The lowest BCUT2D eigenvalue weighted by Gasteiger charge is -2.16. The van der Waals surface area contributed by atoms with Crippen LogP contribution in [0.3, 0.4) is 0 Å². The number of halogens is 3. The lowest BCUT2D eigenvalue weighted by atomic mass is 10.2. The molecule has 31 heavy (non-hydrogen) atoms. The van der Waals surface area contributed by atoms with Crippen LogP contribution in [0.5, 0.6) is 0 Å². The number of carbonyl (C=O) groups excluding carboxylic acids is 2. The third kappa shape index (κ3) is 5.40. The average Bonchev–Trinajstić information content (AvgIpc) is 3.06. The molecule has 3 aromatic rings. The van der Waals surface area contributed by atoms with E-state index in [-0.39, 0.29) is 24.7 Å². The zero-order chi connectivity index (χ0) is 22.6. The Hall–Kier alpha value is -3.40. The molecule has 0 fully saturated rings. The molecule has 0 bridgehead atoms. The minimum absolute atomic E-state index is 0.0345. The number of anilines is 1. The van der Waals surface area contributed by atoms with E-state index in [2.05, 4.69) is 15.6 Å². The summed E-state index contributed by atoms with van der Waals surface area (Å²) < 4.78 is 45.2. The topological polar surface area (TPSA) is 85.2 Å². The van der Waals surface area contributed by atoms with Gasteiger partial charge in [0.15, 0.2) is 0 Å². The van der Waals surface area contributed by atoms with Gasteiger partial charge in [-0.3, -0.25) is 9.59 Å². The fourth-order valence-electron chi connectivity index (χ4n) is 3.19. The quantitative estimate of drug-likeness (QED) is 0.596. The zero-order valence-corrected chi connectivity index (χ0v) is 16.9. The highest BCUT2D eigenvalue weighted by Crippen LogP contribution is 2.30. The van der Waals surface area contributed by atoms with Crippen molar-refractivity contribution in [3.05, 3.63) is 59.9 Å². The standard InChI is InChI=1S/C21H21F3N4O3/c1-13(25-19(30)12-31-2)20-27-16-8-3-4-9-17(16)28(20)11-18(29)26-15-7-5-6-14(10-15)21(22,23)24/h3-10,13H,11-12H2,1-2H3,(H,25,30)(H,26,29). The SMILES string of the molecule is COCC(=O)NC(C)c1nc2ccccc2n1CC(=O)Nc1cccc(C(F)(F)F)c1. The Morgan fingerprint density at radius 3 is 2.58 bits per heavy atom. The van der Waals surface area contributed by atoms with E-state index in [1.54, 1.807) is 35.8 Å². The van der Waals surface area contributed by atoms with Crippen molar-refractivity contribution in [3.8, 4) is 0 Å². The van der Waals surface area contributed by atoms with Crippen molar-refractivity contribution in [2.45, 2.75) is 25.7 Å². The molecule has 2 N–H and O–H groups in total. The third-order valence-corrected chi connectivity index (χ3v) is 4.50. The van der Waals surface area contributed by atoms with Gasteiger partial charge >= 0.3 is 6.18 Å². The number of imidazole rings is 1. The Balaban J connectivity index is 1.85. The molecule has 2 aromatic carbocycles. The lowest BCUT2D eigenvalue weighted by Crippen LogP contribution is -2.32. The monoisotopic (exact) mass is 434 g/mol.